The molecule has 10 heteroatoms. The van der Waals surface area contributed by atoms with Crippen molar-refractivity contribution in [2.75, 3.05) is 23.3 Å². The van der Waals surface area contributed by atoms with Gasteiger partial charge in [-0.05, 0) is 63.1 Å². The monoisotopic (exact) mass is 463 g/mol. The Bertz CT molecular complexity index is 999. The Hall–Kier alpha value is -3.43. The average molecular weight is 463 g/mol. The highest BCUT2D eigenvalue weighted by Gasteiger charge is 2.32. The van der Waals surface area contributed by atoms with Gasteiger partial charge >= 0.3 is 12.1 Å². The smallest absolute Gasteiger partial charge is 0.417 e. The number of nitrogens with zero attached hydrogens (tertiary/aromatic N) is 2. The fourth-order valence-corrected chi connectivity index (χ4v) is 3.44. The van der Waals surface area contributed by atoms with E-state index in [0.29, 0.717) is 43.0 Å². The number of anilines is 2. The minimum atomic E-state index is -4.44. The number of ketones is 1. The van der Waals surface area contributed by atoms with Crippen LogP contribution in [-0.4, -0.2) is 41.8 Å². The second-order valence-electron chi connectivity index (χ2n) is 7.87. The van der Waals surface area contributed by atoms with Crippen LogP contribution in [0.5, 0.6) is 0 Å². The summed E-state index contributed by atoms with van der Waals surface area (Å²) < 4.78 is 43.4. The standard InChI is InChI=1S/C23H24F3N3O4/c1-14(30)16-3-6-19(7-4-16)28-21(31)15(2)33-22(32)17-9-11-29(12-10-17)20-8-5-18(13-27-20)23(24,25)26/h3-8,13,15,17H,9-12H2,1-2H3,(H,28,31)/t15-/m0/s1. The molecular formula is C23H24F3N3O4. The average Bonchev–Trinajstić information content (AvgIpc) is 2.79. The number of piperidine rings is 1. The molecule has 0 aliphatic carbocycles. The van der Waals surface area contributed by atoms with Gasteiger partial charge in [-0.3, -0.25) is 14.4 Å². The summed E-state index contributed by atoms with van der Waals surface area (Å²) in [4.78, 5) is 41.8. The first-order chi connectivity index (χ1) is 15.5. The maximum Gasteiger partial charge on any atom is 0.417 e. The Kier molecular flexibility index (Phi) is 7.35. The van der Waals surface area contributed by atoms with E-state index in [4.69, 9.17) is 4.74 Å². The van der Waals surface area contributed by atoms with Gasteiger partial charge in [0, 0.05) is 30.5 Å². The van der Waals surface area contributed by atoms with Gasteiger partial charge in [-0.25, -0.2) is 4.98 Å². The zero-order valence-corrected chi connectivity index (χ0v) is 18.2. The number of halogens is 3. The van der Waals surface area contributed by atoms with E-state index >= 15 is 0 Å². The van der Waals surface area contributed by atoms with Crippen molar-refractivity contribution in [3.05, 3.63) is 53.7 Å². The fourth-order valence-electron chi connectivity index (χ4n) is 3.44. The molecule has 1 aliphatic heterocycles. The molecule has 2 aromatic rings. The van der Waals surface area contributed by atoms with Crippen LogP contribution in [0.15, 0.2) is 42.6 Å². The minimum absolute atomic E-state index is 0.0877. The van der Waals surface area contributed by atoms with E-state index in [1.54, 1.807) is 24.3 Å². The van der Waals surface area contributed by atoms with Gasteiger partial charge in [0.25, 0.3) is 5.91 Å². The number of hydrogen-bond acceptors (Lipinski definition) is 6. The summed E-state index contributed by atoms with van der Waals surface area (Å²) >= 11 is 0. The molecule has 0 saturated carbocycles. The normalized spacial score (nSPS) is 15.6. The third kappa shape index (κ3) is 6.30. The molecular weight excluding hydrogens is 439 g/mol. The Morgan fingerprint density at radius 3 is 2.24 bits per heavy atom. The van der Waals surface area contributed by atoms with Crippen molar-refractivity contribution >= 4 is 29.2 Å². The highest BCUT2D eigenvalue weighted by atomic mass is 19.4. The first-order valence-electron chi connectivity index (χ1n) is 10.4. The number of ether oxygens (including phenoxy) is 1. The van der Waals surface area contributed by atoms with Crippen molar-refractivity contribution in [2.45, 2.75) is 39.0 Å². The molecule has 1 fully saturated rings. The third-order valence-corrected chi connectivity index (χ3v) is 5.45. The summed E-state index contributed by atoms with van der Waals surface area (Å²) in [6, 6.07) is 8.66. The Morgan fingerprint density at radius 2 is 1.73 bits per heavy atom. The number of rotatable bonds is 6. The molecule has 1 saturated heterocycles. The lowest BCUT2D eigenvalue weighted by molar-refractivity contribution is -0.158. The summed E-state index contributed by atoms with van der Waals surface area (Å²) in [5, 5.41) is 2.64. The lowest BCUT2D eigenvalue weighted by Gasteiger charge is -2.32. The number of amides is 1. The molecule has 1 aromatic heterocycles. The molecule has 1 amide bonds. The molecule has 0 unspecified atom stereocenters. The highest BCUT2D eigenvalue weighted by Crippen LogP contribution is 2.30. The Labute approximate surface area is 188 Å². The summed E-state index contributed by atoms with van der Waals surface area (Å²) in [5.41, 5.74) is 0.183. The number of alkyl halides is 3. The van der Waals surface area contributed by atoms with Gasteiger partial charge in [0.1, 0.15) is 5.82 Å². The van der Waals surface area contributed by atoms with Crippen molar-refractivity contribution < 1.29 is 32.3 Å². The number of carbonyl (C=O) groups is 3. The van der Waals surface area contributed by atoms with Gasteiger partial charge in [-0.2, -0.15) is 13.2 Å². The second-order valence-corrected chi connectivity index (χ2v) is 7.87. The van der Waals surface area contributed by atoms with E-state index in [-0.39, 0.29) is 5.78 Å². The molecule has 176 valence electrons. The molecule has 0 bridgehead atoms. The maximum atomic E-state index is 12.7. The number of hydrogen-bond donors (Lipinski definition) is 1. The van der Waals surface area contributed by atoms with Gasteiger partial charge in [-0.15, -0.1) is 0 Å². The fraction of sp³-hybridized carbons (Fsp3) is 0.391. The Morgan fingerprint density at radius 1 is 1.09 bits per heavy atom. The number of esters is 1. The number of benzene rings is 1. The maximum absolute atomic E-state index is 12.7. The zero-order valence-electron chi connectivity index (χ0n) is 18.2. The highest BCUT2D eigenvalue weighted by molar-refractivity contribution is 5.97. The summed E-state index contributed by atoms with van der Waals surface area (Å²) in [6.45, 7) is 3.78. The van der Waals surface area contributed by atoms with Crippen LogP contribution in [0.1, 0.15) is 42.6 Å². The van der Waals surface area contributed by atoms with Gasteiger partial charge in [0.15, 0.2) is 11.9 Å². The number of aromatic nitrogens is 1. The predicted octanol–water partition coefficient (Wildman–Crippen LogP) is 4.09. The van der Waals surface area contributed by atoms with E-state index in [9.17, 15) is 27.6 Å². The van der Waals surface area contributed by atoms with Crippen LogP contribution in [0.25, 0.3) is 0 Å². The third-order valence-electron chi connectivity index (χ3n) is 5.45. The van der Waals surface area contributed by atoms with Crippen molar-refractivity contribution in [2.24, 2.45) is 5.92 Å². The van der Waals surface area contributed by atoms with Gasteiger partial charge < -0.3 is 15.0 Å². The number of carbonyl (C=O) groups excluding carboxylic acids is 3. The molecule has 2 heterocycles. The van der Waals surface area contributed by atoms with Crippen molar-refractivity contribution in [1.82, 2.24) is 4.98 Å². The van der Waals surface area contributed by atoms with E-state index in [0.717, 1.165) is 12.3 Å². The van der Waals surface area contributed by atoms with Gasteiger partial charge in [0.05, 0.1) is 11.5 Å². The quantitative estimate of drug-likeness (QED) is 0.513. The molecule has 1 atom stereocenters. The largest absolute Gasteiger partial charge is 0.452 e. The first kappa shape index (κ1) is 24.2. The zero-order chi connectivity index (χ0) is 24.2. The van der Waals surface area contributed by atoms with Gasteiger partial charge in [-0.1, -0.05) is 0 Å². The number of Topliss-reactive ketones (excluding diaryl/α,β-unsaturated/α-hetero) is 1. The van der Waals surface area contributed by atoms with E-state index in [1.807, 2.05) is 4.90 Å². The van der Waals surface area contributed by atoms with Crippen LogP contribution in [0.3, 0.4) is 0 Å². The van der Waals surface area contributed by atoms with E-state index < -0.39 is 35.6 Å². The molecule has 1 aromatic carbocycles. The minimum Gasteiger partial charge on any atom is -0.452 e. The van der Waals surface area contributed by atoms with Crippen LogP contribution in [0, 0.1) is 5.92 Å². The molecule has 1 aliphatic rings. The molecule has 0 radical (unpaired) electrons. The lowest BCUT2D eigenvalue weighted by atomic mass is 9.97. The van der Waals surface area contributed by atoms with Crippen molar-refractivity contribution in [3.8, 4) is 0 Å². The molecule has 7 nitrogen and oxygen atoms in total. The summed E-state index contributed by atoms with van der Waals surface area (Å²) in [6.07, 6.45) is -3.79. The molecule has 3 rings (SSSR count). The lowest BCUT2D eigenvalue weighted by Crippen LogP contribution is -2.39. The van der Waals surface area contributed by atoms with Crippen LogP contribution in [0.2, 0.25) is 0 Å². The predicted molar refractivity (Wildman–Crippen MR) is 115 cm³/mol. The van der Waals surface area contributed by atoms with E-state index in [2.05, 4.69) is 10.3 Å². The van der Waals surface area contributed by atoms with Gasteiger partial charge in [0.2, 0.25) is 0 Å². The second kappa shape index (κ2) is 10.0. The van der Waals surface area contributed by atoms with Crippen molar-refractivity contribution in [3.63, 3.8) is 0 Å². The number of pyridine rings is 1. The Balaban J connectivity index is 1.48. The number of nitrogens with one attached hydrogen (secondary N) is 1. The SMILES string of the molecule is CC(=O)c1ccc(NC(=O)[C@H](C)OC(=O)C2CCN(c3ccc(C(F)(F)F)cn3)CC2)cc1. The molecule has 1 N–H and O–H groups in total. The van der Waals surface area contributed by atoms with Crippen molar-refractivity contribution in [1.29, 1.82) is 0 Å². The van der Waals surface area contributed by atoms with Crippen LogP contribution >= 0.6 is 0 Å². The summed E-state index contributed by atoms with van der Waals surface area (Å²) in [5.74, 6) is -1.08. The topological polar surface area (TPSA) is 88.6 Å². The van der Waals surface area contributed by atoms with E-state index in [1.165, 1.54) is 19.9 Å². The van der Waals surface area contributed by atoms with Crippen LogP contribution in [-0.2, 0) is 20.5 Å². The molecule has 0 spiro atoms. The van der Waals surface area contributed by atoms with Crippen LogP contribution < -0.4 is 10.2 Å². The summed E-state index contributed by atoms with van der Waals surface area (Å²) in [7, 11) is 0. The first-order valence-corrected chi connectivity index (χ1v) is 10.4. The van der Waals surface area contributed by atoms with Crippen LogP contribution in [0.4, 0.5) is 24.7 Å². The molecule has 33 heavy (non-hydrogen) atoms.